The van der Waals surface area contributed by atoms with Gasteiger partial charge >= 0.3 is 0 Å². The molecular formula is C20H17N3O4. The van der Waals surface area contributed by atoms with Gasteiger partial charge in [-0.1, -0.05) is 17.3 Å². The number of aromatic amines is 1. The zero-order valence-corrected chi connectivity index (χ0v) is 14.7. The van der Waals surface area contributed by atoms with E-state index in [0.29, 0.717) is 16.8 Å². The van der Waals surface area contributed by atoms with Gasteiger partial charge in [-0.15, -0.1) is 0 Å². The lowest BCUT2D eigenvalue weighted by Gasteiger charge is -2.05. The van der Waals surface area contributed by atoms with Crippen molar-refractivity contribution in [3.8, 4) is 11.1 Å². The van der Waals surface area contributed by atoms with Crippen LogP contribution in [0.5, 0.6) is 0 Å². The molecule has 1 saturated heterocycles. The molecule has 2 aromatic carbocycles. The molecule has 2 aromatic heterocycles. The number of primary amides is 1. The van der Waals surface area contributed by atoms with Gasteiger partial charge < -0.3 is 25.1 Å². The predicted molar refractivity (Wildman–Crippen MR) is 99.1 cm³/mol. The van der Waals surface area contributed by atoms with E-state index in [1.807, 2.05) is 38.1 Å². The fourth-order valence-corrected chi connectivity index (χ4v) is 3.78. The molecule has 0 bridgehead atoms. The number of rotatable bonds is 3. The summed E-state index contributed by atoms with van der Waals surface area (Å²) in [5, 5.41) is 15.3. The van der Waals surface area contributed by atoms with Gasteiger partial charge in [0.2, 0.25) is 0 Å². The standard InChI is InChI=1S/C20H17N3O4/c1-8-16(9(2)27-23-8)11-5-13-12-4-3-10(18-20(25)26-18)7-15(12)22-17(13)14(6-11)19(21)24/h3-7,18,20,22,25H,1-2H3,(H2,21,24). The Kier molecular flexibility index (Phi) is 3.22. The number of aliphatic hydroxyl groups excluding tert-OH is 1. The van der Waals surface area contributed by atoms with E-state index in [0.717, 1.165) is 38.7 Å². The number of aryl methyl sites for hydroxylation is 2. The quantitative estimate of drug-likeness (QED) is 0.484. The molecule has 3 heterocycles. The van der Waals surface area contributed by atoms with Crippen LogP contribution in [0.3, 0.4) is 0 Å². The van der Waals surface area contributed by atoms with Crippen molar-refractivity contribution in [2.24, 2.45) is 5.73 Å². The number of epoxide rings is 1. The van der Waals surface area contributed by atoms with Gasteiger partial charge in [0.05, 0.1) is 16.8 Å². The molecule has 1 aliphatic heterocycles. The highest BCUT2D eigenvalue weighted by molar-refractivity contribution is 6.16. The summed E-state index contributed by atoms with van der Waals surface area (Å²) >= 11 is 0. The number of nitrogens with one attached hydrogen (secondary N) is 1. The second kappa shape index (κ2) is 5.42. The molecule has 1 aliphatic rings. The van der Waals surface area contributed by atoms with E-state index in [9.17, 15) is 9.90 Å². The van der Waals surface area contributed by atoms with Crippen LogP contribution in [0, 0.1) is 13.8 Å². The fourth-order valence-electron chi connectivity index (χ4n) is 3.78. The number of hydrogen-bond acceptors (Lipinski definition) is 5. The molecule has 0 radical (unpaired) electrons. The van der Waals surface area contributed by atoms with Crippen molar-refractivity contribution in [3.05, 3.63) is 52.9 Å². The normalized spacial score (nSPS) is 19.1. The van der Waals surface area contributed by atoms with Crippen molar-refractivity contribution >= 4 is 27.7 Å². The summed E-state index contributed by atoms with van der Waals surface area (Å²) in [7, 11) is 0. The molecule has 7 heteroatoms. The Balaban J connectivity index is 1.80. The predicted octanol–water partition coefficient (Wildman–Crippen LogP) is 3.08. The number of carbonyl (C=O) groups is 1. The smallest absolute Gasteiger partial charge is 0.250 e. The summed E-state index contributed by atoms with van der Waals surface area (Å²) < 4.78 is 10.4. The molecule has 5 rings (SSSR count). The molecule has 2 atom stereocenters. The van der Waals surface area contributed by atoms with E-state index in [2.05, 4.69) is 10.1 Å². The largest absolute Gasteiger partial charge is 0.366 e. The molecule has 0 spiro atoms. The minimum Gasteiger partial charge on any atom is -0.366 e. The summed E-state index contributed by atoms with van der Waals surface area (Å²) in [6, 6.07) is 9.58. The number of ether oxygens (including phenoxy) is 1. The Hall–Kier alpha value is -3.16. The fraction of sp³-hybridized carbons (Fsp3) is 0.200. The number of aliphatic hydroxyl groups is 1. The van der Waals surface area contributed by atoms with Crippen LogP contribution in [0.15, 0.2) is 34.9 Å². The van der Waals surface area contributed by atoms with Crippen LogP contribution in [0.25, 0.3) is 32.9 Å². The summed E-state index contributed by atoms with van der Waals surface area (Å²) in [5.41, 5.74) is 10.9. The lowest BCUT2D eigenvalue weighted by Crippen LogP contribution is -2.11. The SMILES string of the molecule is Cc1noc(C)c1-c1cc(C(N)=O)c2[nH]c3cc(C4OC4O)ccc3c2c1. The minimum atomic E-state index is -0.751. The number of H-pyrrole nitrogens is 1. The van der Waals surface area contributed by atoms with E-state index in [1.165, 1.54) is 0 Å². The zero-order chi connectivity index (χ0) is 18.9. The first-order valence-electron chi connectivity index (χ1n) is 8.60. The van der Waals surface area contributed by atoms with Crippen LogP contribution in [0.1, 0.15) is 33.5 Å². The van der Waals surface area contributed by atoms with Crippen LogP contribution in [-0.4, -0.2) is 27.4 Å². The third kappa shape index (κ3) is 2.36. The topological polar surface area (TPSA) is 118 Å². The average Bonchev–Trinajstić information content (AvgIpc) is 3.11. The van der Waals surface area contributed by atoms with Crippen LogP contribution >= 0.6 is 0 Å². The van der Waals surface area contributed by atoms with Gasteiger partial charge in [-0.3, -0.25) is 4.79 Å². The number of benzene rings is 2. The van der Waals surface area contributed by atoms with Gasteiger partial charge in [0.1, 0.15) is 11.9 Å². The van der Waals surface area contributed by atoms with Crippen LogP contribution < -0.4 is 5.73 Å². The number of hydrogen-bond donors (Lipinski definition) is 3. The van der Waals surface area contributed by atoms with E-state index in [1.54, 1.807) is 6.07 Å². The van der Waals surface area contributed by atoms with E-state index < -0.39 is 12.2 Å². The second-order valence-electron chi connectivity index (χ2n) is 6.89. The highest BCUT2D eigenvalue weighted by atomic mass is 16.7. The maximum Gasteiger partial charge on any atom is 0.250 e. The number of aromatic nitrogens is 2. The molecule has 136 valence electrons. The number of fused-ring (bicyclic) bond motifs is 3. The molecule has 1 amide bonds. The maximum atomic E-state index is 12.1. The van der Waals surface area contributed by atoms with Crippen LogP contribution in [0.4, 0.5) is 0 Å². The molecule has 4 N–H and O–H groups in total. The second-order valence-corrected chi connectivity index (χ2v) is 6.89. The monoisotopic (exact) mass is 363 g/mol. The van der Waals surface area contributed by atoms with Crippen molar-refractivity contribution in [1.29, 1.82) is 0 Å². The van der Waals surface area contributed by atoms with Gasteiger partial charge in [-0.25, -0.2) is 0 Å². The van der Waals surface area contributed by atoms with E-state index in [4.69, 9.17) is 15.0 Å². The first-order chi connectivity index (χ1) is 12.9. The van der Waals surface area contributed by atoms with Crippen molar-refractivity contribution in [1.82, 2.24) is 10.1 Å². The van der Waals surface area contributed by atoms with Gasteiger partial charge in [-0.2, -0.15) is 0 Å². The highest BCUT2D eigenvalue weighted by Crippen LogP contribution is 2.40. The van der Waals surface area contributed by atoms with Crippen LogP contribution in [0.2, 0.25) is 0 Å². The Morgan fingerprint density at radius 2 is 2.00 bits per heavy atom. The molecule has 0 saturated carbocycles. The Bertz CT molecular complexity index is 1220. The minimum absolute atomic E-state index is 0.297. The first-order valence-corrected chi connectivity index (χ1v) is 8.60. The van der Waals surface area contributed by atoms with Crippen LogP contribution in [-0.2, 0) is 4.74 Å². The summed E-state index contributed by atoms with van der Waals surface area (Å²) in [5.74, 6) is 0.172. The van der Waals surface area contributed by atoms with Crippen molar-refractivity contribution in [3.63, 3.8) is 0 Å². The molecular weight excluding hydrogens is 346 g/mol. The molecule has 4 aromatic rings. The van der Waals surface area contributed by atoms with Gasteiger partial charge in [0.25, 0.3) is 5.91 Å². The summed E-state index contributed by atoms with van der Waals surface area (Å²) in [4.78, 5) is 15.4. The molecule has 7 nitrogen and oxygen atoms in total. The first kappa shape index (κ1) is 16.0. The third-order valence-corrected chi connectivity index (χ3v) is 5.12. The molecule has 1 fully saturated rings. The Morgan fingerprint density at radius 1 is 1.22 bits per heavy atom. The van der Waals surface area contributed by atoms with Gasteiger partial charge in [-0.05, 0) is 43.2 Å². The van der Waals surface area contributed by atoms with Gasteiger partial charge in [0, 0.05) is 21.9 Å². The number of nitrogens with two attached hydrogens (primary N) is 1. The Morgan fingerprint density at radius 3 is 2.63 bits per heavy atom. The average molecular weight is 363 g/mol. The summed E-state index contributed by atoms with van der Waals surface area (Å²) in [6.45, 7) is 3.70. The molecule has 0 aliphatic carbocycles. The molecule has 27 heavy (non-hydrogen) atoms. The zero-order valence-electron chi connectivity index (χ0n) is 14.7. The Labute approximate surface area is 153 Å². The third-order valence-electron chi connectivity index (χ3n) is 5.12. The van der Waals surface area contributed by atoms with Gasteiger partial charge in [0.15, 0.2) is 6.29 Å². The van der Waals surface area contributed by atoms with E-state index >= 15 is 0 Å². The number of carbonyl (C=O) groups excluding carboxylic acids is 1. The lowest BCUT2D eigenvalue weighted by molar-refractivity contribution is 0.100. The van der Waals surface area contributed by atoms with Crippen molar-refractivity contribution in [2.45, 2.75) is 26.2 Å². The lowest BCUT2D eigenvalue weighted by atomic mass is 9.97. The molecule has 2 unspecified atom stereocenters. The van der Waals surface area contributed by atoms with E-state index in [-0.39, 0.29) is 6.10 Å². The van der Waals surface area contributed by atoms with Crippen molar-refractivity contribution in [2.75, 3.05) is 0 Å². The highest BCUT2D eigenvalue weighted by Gasteiger charge is 2.38. The van der Waals surface area contributed by atoms with Crippen molar-refractivity contribution < 1.29 is 19.2 Å². The number of amides is 1. The number of nitrogens with zero attached hydrogens (tertiary/aromatic N) is 1. The summed E-state index contributed by atoms with van der Waals surface area (Å²) in [6.07, 6.45) is -1.05. The maximum absolute atomic E-state index is 12.1.